The summed E-state index contributed by atoms with van der Waals surface area (Å²) in [5.41, 5.74) is 0.633. The first kappa shape index (κ1) is 16.0. The van der Waals surface area contributed by atoms with Crippen molar-refractivity contribution in [3.8, 4) is 11.8 Å². The Balaban J connectivity index is 1.72. The van der Waals surface area contributed by atoms with Crippen LogP contribution in [0.2, 0.25) is 10.0 Å². The second-order valence-electron chi connectivity index (χ2n) is 4.26. The predicted molar refractivity (Wildman–Crippen MR) is 88.5 cm³/mol. The number of nitriles is 1. The SMILES string of the molecule is N#Cc1ccc(OCCCSc2cc(Cl)ccc2Cl)cc1. The molecule has 0 unspecified atom stereocenters. The Kier molecular flexibility index (Phi) is 6.25. The zero-order valence-corrected chi connectivity index (χ0v) is 13.5. The molecule has 0 N–H and O–H groups in total. The van der Waals surface area contributed by atoms with E-state index in [0.29, 0.717) is 17.2 Å². The monoisotopic (exact) mass is 337 g/mol. The minimum absolute atomic E-state index is 0.622. The first-order valence-electron chi connectivity index (χ1n) is 6.40. The van der Waals surface area contributed by atoms with Gasteiger partial charge in [-0.1, -0.05) is 23.2 Å². The molecule has 2 nitrogen and oxygen atoms in total. The van der Waals surface area contributed by atoms with Gasteiger partial charge in [0.25, 0.3) is 0 Å². The minimum Gasteiger partial charge on any atom is -0.494 e. The Morgan fingerprint density at radius 1 is 1.10 bits per heavy atom. The van der Waals surface area contributed by atoms with Gasteiger partial charge in [0, 0.05) is 15.7 Å². The number of halogens is 2. The van der Waals surface area contributed by atoms with Gasteiger partial charge in [-0.05, 0) is 48.9 Å². The van der Waals surface area contributed by atoms with Crippen molar-refractivity contribution >= 4 is 35.0 Å². The van der Waals surface area contributed by atoms with Crippen LogP contribution >= 0.6 is 35.0 Å². The molecular formula is C16H13Cl2NOS. The molecule has 0 aliphatic rings. The highest BCUT2D eigenvalue weighted by molar-refractivity contribution is 7.99. The van der Waals surface area contributed by atoms with E-state index in [2.05, 4.69) is 6.07 Å². The Labute approximate surface area is 138 Å². The van der Waals surface area contributed by atoms with Gasteiger partial charge in [0.1, 0.15) is 5.75 Å². The maximum atomic E-state index is 8.71. The summed E-state index contributed by atoms with van der Waals surface area (Å²) in [7, 11) is 0. The molecular weight excluding hydrogens is 325 g/mol. The average Bonchev–Trinajstić information content (AvgIpc) is 2.51. The molecule has 0 atom stereocenters. The quantitative estimate of drug-likeness (QED) is 0.520. The molecule has 0 heterocycles. The molecule has 0 aromatic heterocycles. The highest BCUT2D eigenvalue weighted by Gasteiger charge is 2.02. The molecule has 0 saturated carbocycles. The lowest BCUT2D eigenvalue weighted by molar-refractivity contribution is 0.318. The zero-order chi connectivity index (χ0) is 15.1. The van der Waals surface area contributed by atoms with E-state index in [4.69, 9.17) is 33.2 Å². The van der Waals surface area contributed by atoms with Crippen molar-refractivity contribution in [1.82, 2.24) is 0 Å². The van der Waals surface area contributed by atoms with E-state index in [0.717, 1.165) is 27.8 Å². The van der Waals surface area contributed by atoms with Crippen molar-refractivity contribution in [2.75, 3.05) is 12.4 Å². The molecule has 0 aliphatic carbocycles. The van der Waals surface area contributed by atoms with Gasteiger partial charge in [0.2, 0.25) is 0 Å². The maximum absolute atomic E-state index is 8.71. The predicted octanol–water partition coefficient (Wildman–Crippen LogP) is 5.43. The van der Waals surface area contributed by atoms with Crippen molar-refractivity contribution in [1.29, 1.82) is 5.26 Å². The van der Waals surface area contributed by atoms with E-state index in [9.17, 15) is 0 Å². The van der Waals surface area contributed by atoms with Crippen LogP contribution in [0.5, 0.6) is 5.75 Å². The molecule has 5 heteroatoms. The largest absolute Gasteiger partial charge is 0.494 e. The van der Waals surface area contributed by atoms with Crippen LogP contribution in [0.1, 0.15) is 12.0 Å². The summed E-state index contributed by atoms with van der Waals surface area (Å²) < 4.78 is 5.62. The highest BCUT2D eigenvalue weighted by atomic mass is 35.5. The summed E-state index contributed by atoms with van der Waals surface area (Å²) in [6, 6.07) is 14.6. The Bertz CT molecular complexity index is 638. The van der Waals surface area contributed by atoms with E-state index in [1.165, 1.54) is 0 Å². The van der Waals surface area contributed by atoms with Crippen LogP contribution in [0.4, 0.5) is 0 Å². The molecule has 2 rings (SSSR count). The lowest BCUT2D eigenvalue weighted by Crippen LogP contribution is -1.98. The molecule has 21 heavy (non-hydrogen) atoms. The van der Waals surface area contributed by atoms with E-state index in [1.54, 1.807) is 48.2 Å². The third-order valence-electron chi connectivity index (χ3n) is 2.69. The van der Waals surface area contributed by atoms with E-state index >= 15 is 0 Å². The maximum Gasteiger partial charge on any atom is 0.119 e. The topological polar surface area (TPSA) is 33.0 Å². The number of thioether (sulfide) groups is 1. The molecule has 0 saturated heterocycles. The third kappa shape index (κ3) is 5.17. The van der Waals surface area contributed by atoms with Gasteiger partial charge in [-0.3, -0.25) is 0 Å². The van der Waals surface area contributed by atoms with Gasteiger partial charge in [-0.25, -0.2) is 0 Å². The second-order valence-corrected chi connectivity index (χ2v) is 6.24. The number of benzene rings is 2. The molecule has 108 valence electrons. The summed E-state index contributed by atoms with van der Waals surface area (Å²) in [4.78, 5) is 0.988. The molecule has 0 fully saturated rings. The second kappa shape index (κ2) is 8.19. The molecule has 0 amide bonds. The average molecular weight is 338 g/mol. The van der Waals surface area contributed by atoms with Gasteiger partial charge in [-0.15, -0.1) is 11.8 Å². The van der Waals surface area contributed by atoms with E-state index in [1.807, 2.05) is 6.07 Å². The summed E-state index contributed by atoms with van der Waals surface area (Å²) in [6.45, 7) is 0.622. The van der Waals surface area contributed by atoms with Gasteiger partial charge in [-0.2, -0.15) is 5.26 Å². The van der Waals surface area contributed by atoms with Crippen molar-refractivity contribution in [3.63, 3.8) is 0 Å². The van der Waals surface area contributed by atoms with Crippen LogP contribution in [0.3, 0.4) is 0 Å². The molecule has 2 aromatic carbocycles. The molecule has 0 aliphatic heterocycles. The van der Waals surface area contributed by atoms with Crippen molar-refractivity contribution in [2.45, 2.75) is 11.3 Å². The Morgan fingerprint density at radius 3 is 2.57 bits per heavy atom. The summed E-state index contributed by atoms with van der Waals surface area (Å²) in [5, 5.41) is 10.1. The van der Waals surface area contributed by atoms with Crippen LogP contribution in [-0.2, 0) is 0 Å². The fraction of sp³-hybridized carbons (Fsp3) is 0.188. The lowest BCUT2D eigenvalue weighted by Gasteiger charge is -2.07. The Morgan fingerprint density at radius 2 is 1.86 bits per heavy atom. The number of rotatable bonds is 6. The zero-order valence-electron chi connectivity index (χ0n) is 11.2. The molecule has 0 bridgehead atoms. The number of hydrogen-bond donors (Lipinski definition) is 0. The van der Waals surface area contributed by atoms with Gasteiger partial charge in [0.05, 0.1) is 23.3 Å². The first-order valence-corrected chi connectivity index (χ1v) is 8.14. The van der Waals surface area contributed by atoms with Gasteiger partial charge in [0.15, 0.2) is 0 Å². The van der Waals surface area contributed by atoms with Crippen molar-refractivity contribution < 1.29 is 4.74 Å². The standard InChI is InChI=1S/C16H13Cl2NOS/c17-13-4-7-15(18)16(10-13)21-9-1-8-20-14-5-2-12(11-19)3-6-14/h2-7,10H,1,8-9H2. The lowest BCUT2D eigenvalue weighted by atomic mass is 10.2. The van der Waals surface area contributed by atoms with Gasteiger partial charge >= 0.3 is 0 Å². The fourth-order valence-electron chi connectivity index (χ4n) is 1.64. The fourth-order valence-corrected chi connectivity index (χ4v) is 3.06. The first-order chi connectivity index (χ1) is 10.2. The number of nitrogens with zero attached hydrogens (tertiary/aromatic N) is 1. The van der Waals surface area contributed by atoms with Crippen LogP contribution in [0.15, 0.2) is 47.4 Å². The van der Waals surface area contributed by atoms with E-state index in [-0.39, 0.29) is 0 Å². The minimum atomic E-state index is 0.622. The highest BCUT2D eigenvalue weighted by Crippen LogP contribution is 2.30. The van der Waals surface area contributed by atoms with E-state index < -0.39 is 0 Å². The molecule has 2 aromatic rings. The number of ether oxygens (including phenoxy) is 1. The summed E-state index contributed by atoms with van der Waals surface area (Å²) in [5.74, 6) is 1.68. The van der Waals surface area contributed by atoms with Crippen LogP contribution in [-0.4, -0.2) is 12.4 Å². The van der Waals surface area contributed by atoms with Crippen LogP contribution < -0.4 is 4.74 Å². The third-order valence-corrected chi connectivity index (χ3v) is 4.51. The Hall–Kier alpha value is -1.34. The molecule has 0 radical (unpaired) electrons. The summed E-state index contributed by atoms with van der Waals surface area (Å²) >= 11 is 13.7. The van der Waals surface area contributed by atoms with Crippen LogP contribution in [0, 0.1) is 11.3 Å². The summed E-state index contributed by atoms with van der Waals surface area (Å²) in [6.07, 6.45) is 0.896. The molecule has 0 spiro atoms. The smallest absolute Gasteiger partial charge is 0.119 e. The van der Waals surface area contributed by atoms with Crippen molar-refractivity contribution in [2.24, 2.45) is 0 Å². The van der Waals surface area contributed by atoms with Gasteiger partial charge < -0.3 is 4.74 Å². The number of hydrogen-bond acceptors (Lipinski definition) is 3. The van der Waals surface area contributed by atoms with Crippen molar-refractivity contribution in [3.05, 3.63) is 58.1 Å². The van der Waals surface area contributed by atoms with Crippen LogP contribution in [0.25, 0.3) is 0 Å². The normalized spacial score (nSPS) is 10.1.